The number of likely N-dealkylation sites (tertiary alicyclic amines) is 1. The fourth-order valence-electron chi connectivity index (χ4n) is 3.14. The van der Waals surface area contributed by atoms with Gasteiger partial charge in [0.15, 0.2) is 5.78 Å². The predicted molar refractivity (Wildman–Crippen MR) is 94.8 cm³/mol. The van der Waals surface area contributed by atoms with Gasteiger partial charge in [-0.05, 0) is 37.5 Å². The standard InChI is InChI=1S/C20H24N2O/c1-16(23)18-8-5-9-20(14-18)21-19-10-12-22(13-11-19)15-17-6-3-2-4-7-17/h2-9,14,19,21H,10-13,15H2,1H3. The first-order valence-corrected chi connectivity index (χ1v) is 8.34. The van der Waals surface area contributed by atoms with Gasteiger partial charge in [0.25, 0.3) is 0 Å². The van der Waals surface area contributed by atoms with Crippen LogP contribution >= 0.6 is 0 Å². The highest BCUT2D eigenvalue weighted by Crippen LogP contribution is 2.19. The molecule has 0 amide bonds. The molecule has 0 aliphatic carbocycles. The van der Waals surface area contributed by atoms with Crippen molar-refractivity contribution in [3.8, 4) is 0 Å². The van der Waals surface area contributed by atoms with E-state index in [0.29, 0.717) is 6.04 Å². The Balaban J connectivity index is 1.51. The van der Waals surface area contributed by atoms with Crippen LogP contribution in [0.1, 0.15) is 35.7 Å². The average Bonchev–Trinajstić information content (AvgIpc) is 2.58. The molecule has 23 heavy (non-hydrogen) atoms. The Morgan fingerprint density at radius 3 is 2.52 bits per heavy atom. The van der Waals surface area contributed by atoms with Crippen molar-refractivity contribution in [2.45, 2.75) is 32.4 Å². The lowest BCUT2D eigenvalue weighted by atomic mass is 10.0. The molecule has 1 heterocycles. The molecule has 0 saturated carbocycles. The zero-order valence-corrected chi connectivity index (χ0v) is 13.7. The minimum atomic E-state index is 0.117. The quantitative estimate of drug-likeness (QED) is 0.848. The smallest absolute Gasteiger partial charge is 0.159 e. The molecule has 0 spiro atoms. The van der Waals surface area contributed by atoms with Crippen LogP contribution in [0.2, 0.25) is 0 Å². The van der Waals surface area contributed by atoms with Gasteiger partial charge in [0.05, 0.1) is 0 Å². The van der Waals surface area contributed by atoms with Crippen molar-refractivity contribution in [2.24, 2.45) is 0 Å². The highest BCUT2D eigenvalue weighted by Gasteiger charge is 2.19. The molecular formula is C20H24N2O. The van der Waals surface area contributed by atoms with Gasteiger partial charge in [0, 0.05) is 36.9 Å². The van der Waals surface area contributed by atoms with E-state index in [1.165, 1.54) is 5.56 Å². The zero-order valence-electron chi connectivity index (χ0n) is 13.7. The summed E-state index contributed by atoms with van der Waals surface area (Å²) in [5, 5.41) is 3.58. The van der Waals surface area contributed by atoms with Crippen molar-refractivity contribution in [1.29, 1.82) is 0 Å². The van der Waals surface area contributed by atoms with E-state index in [-0.39, 0.29) is 5.78 Å². The van der Waals surface area contributed by atoms with E-state index in [2.05, 4.69) is 40.5 Å². The largest absolute Gasteiger partial charge is 0.382 e. The highest BCUT2D eigenvalue weighted by molar-refractivity contribution is 5.94. The topological polar surface area (TPSA) is 32.3 Å². The SMILES string of the molecule is CC(=O)c1cccc(NC2CCN(Cc3ccccc3)CC2)c1. The number of rotatable bonds is 5. The van der Waals surface area contributed by atoms with Gasteiger partial charge in [-0.2, -0.15) is 0 Å². The molecule has 0 radical (unpaired) electrons. The summed E-state index contributed by atoms with van der Waals surface area (Å²) in [4.78, 5) is 14.0. The molecular weight excluding hydrogens is 284 g/mol. The molecule has 0 bridgehead atoms. The maximum Gasteiger partial charge on any atom is 0.159 e. The second-order valence-corrected chi connectivity index (χ2v) is 6.32. The highest BCUT2D eigenvalue weighted by atomic mass is 16.1. The maximum atomic E-state index is 11.5. The van der Waals surface area contributed by atoms with Gasteiger partial charge in [-0.25, -0.2) is 0 Å². The maximum absolute atomic E-state index is 11.5. The first kappa shape index (κ1) is 15.8. The number of carbonyl (C=O) groups excluding carboxylic acids is 1. The van der Waals surface area contributed by atoms with E-state index in [1.54, 1.807) is 6.92 Å². The van der Waals surface area contributed by atoms with Crippen LogP contribution in [0.5, 0.6) is 0 Å². The summed E-state index contributed by atoms with van der Waals surface area (Å²) in [5.41, 5.74) is 3.21. The van der Waals surface area contributed by atoms with Crippen molar-refractivity contribution >= 4 is 11.5 Å². The monoisotopic (exact) mass is 308 g/mol. The third kappa shape index (κ3) is 4.42. The number of ketones is 1. The number of piperidine rings is 1. The zero-order chi connectivity index (χ0) is 16.1. The van der Waals surface area contributed by atoms with Gasteiger partial charge in [0.1, 0.15) is 0 Å². The van der Waals surface area contributed by atoms with Gasteiger partial charge in [-0.1, -0.05) is 42.5 Å². The van der Waals surface area contributed by atoms with Crippen LogP contribution in [0.25, 0.3) is 0 Å². The summed E-state index contributed by atoms with van der Waals surface area (Å²) in [6, 6.07) is 19.0. The Morgan fingerprint density at radius 2 is 1.83 bits per heavy atom. The van der Waals surface area contributed by atoms with Crippen molar-refractivity contribution in [3.63, 3.8) is 0 Å². The minimum Gasteiger partial charge on any atom is -0.382 e. The number of hydrogen-bond donors (Lipinski definition) is 1. The van der Waals surface area contributed by atoms with Crippen molar-refractivity contribution < 1.29 is 4.79 Å². The Kier molecular flexibility index (Phi) is 5.09. The van der Waals surface area contributed by atoms with E-state index < -0.39 is 0 Å². The Hall–Kier alpha value is -2.13. The fraction of sp³-hybridized carbons (Fsp3) is 0.350. The van der Waals surface area contributed by atoms with Crippen LogP contribution in [-0.4, -0.2) is 29.8 Å². The van der Waals surface area contributed by atoms with Crippen molar-refractivity contribution in [1.82, 2.24) is 4.90 Å². The molecule has 2 aromatic rings. The normalized spacial score (nSPS) is 16.2. The molecule has 0 aromatic heterocycles. The van der Waals surface area contributed by atoms with Crippen molar-refractivity contribution in [3.05, 3.63) is 65.7 Å². The molecule has 1 aliphatic heterocycles. The summed E-state index contributed by atoms with van der Waals surface area (Å²) in [5.74, 6) is 0.117. The lowest BCUT2D eigenvalue weighted by Crippen LogP contribution is -2.38. The second-order valence-electron chi connectivity index (χ2n) is 6.32. The third-order valence-corrected chi connectivity index (χ3v) is 4.48. The van der Waals surface area contributed by atoms with Crippen LogP contribution in [0.4, 0.5) is 5.69 Å². The van der Waals surface area contributed by atoms with E-state index in [0.717, 1.165) is 43.7 Å². The molecule has 0 unspecified atom stereocenters. The van der Waals surface area contributed by atoms with Crippen LogP contribution in [0.15, 0.2) is 54.6 Å². The number of Topliss-reactive ketones (excluding diaryl/α,β-unsaturated/α-hetero) is 1. The average molecular weight is 308 g/mol. The molecule has 2 aromatic carbocycles. The van der Waals surface area contributed by atoms with Crippen LogP contribution in [0.3, 0.4) is 0 Å². The Labute approximate surface area is 138 Å². The van der Waals surface area contributed by atoms with Gasteiger partial charge >= 0.3 is 0 Å². The molecule has 3 nitrogen and oxygen atoms in total. The predicted octanol–water partition coefficient (Wildman–Crippen LogP) is 3.97. The molecule has 120 valence electrons. The number of hydrogen-bond acceptors (Lipinski definition) is 3. The van der Waals surface area contributed by atoms with Crippen LogP contribution in [0, 0.1) is 0 Å². The van der Waals surface area contributed by atoms with E-state index in [9.17, 15) is 4.79 Å². The van der Waals surface area contributed by atoms with Gasteiger partial charge in [-0.15, -0.1) is 0 Å². The summed E-state index contributed by atoms with van der Waals surface area (Å²) in [7, 11) is 0. The van der Waals surface area contributed by atoms with Crippen LogP contribution in [-0.2, 0) is 6.54 Å². The second kappa shape index (κ2) is 7.42. The minimum absolute atomic E-state index is 0.117. The number of nitrogens with one attached hydrogen (secondary N) is 1. The lowest BCUT2D eigenvalue weighted by Gasteiger charge is -2.33. The summed E-state index contributed by atoms with van der Waals surface area (Å²) < 4.78 is 0. The molecule has 3 rings (SSSR count). The summed E-state index contributed by atoms with van der Waals surface area (Å²) in [6.45, 7) is 4.87. The van der Waals surface area contributed by atoms with Crippen LogP contribution < -0.4 is 5.32 Å². The molecule has 0 atom stereocenters. The number of benzene rings is 2. The van der Waals surface area contributed by atoms with E-state index in [1.807, 2.05) is 24.3 Å². The third-order valence-electron chi connectivity index (χ3n) is 4.48. The number of nitrogens with zero attached hydrogens (tertiary/aromatic N) is 1. The van der Waals surface area contributed by atoms with Crippen molar-refractivity contribution in [2.75, 3.05) is 18.4 Å². The van der Waals surface area contributed by atoms with Gasteiger partial charge < -0.3 is 5.32 Å². The molecule has 3 heteroatoms. The summed E-state index contributed by atoms with van der Waals surface area (Å²) >= 11 is 0. The molecule has 1 aliphatic rings. The molecule has 1 saturated heterocycles. The Bertz CT molecular complexity index is 646. The van der Waals surface area contributed by atoms with Gasteiger partial charge in [-0.3, -0.25) is 9.69 Å². The van der Waals surface area contributed by atoms with E-state index >= 15 is 0 Å². The number of carbonyl (C=O) groups is 1. The fourth-order valence-corrected chi connectivity index (χ4v) is 3.14. The Morgan fingerprint density at radius 1 is 1.09 bits per heavy atom. The molecule has 1 fully saturated rings. The summed E-state index contributed by atoms with van der Waals surface area (Å²) in [6.07, 6.45) is 2.27. The lowest BCUT2D eigenvalue weighted by molar-refractivity contribution is 0.101. The first-order valence-electron chi connectivity index (χ1n) is 8.34. The van der Waals surface area contributed by atoms with Gasteiger partial charge in [0.2, 0.25) is 0 Å². The van der Waals surface area contributed by atoms with E-state index in [4.69, 9.17) is 0 Å². The molecule has 1 N–H and O–H groups in total. The number of anilines is 1. The first-order chi connectivity index (χ1) is 11.2.